The number of ketones is 1. The quantitative estimate of drug-likeness (QED) is 0.703. The molecule has 0 unspecified atom stereocenters. The summed E-state index contributed by atoms with van der Waals surface area (Å²) in [7, 11) is 0. The lowest BCUT2D eigenvalue weighted by atomic mass is 9.98. The maximum Gasteiger partial charge on any atom is 0.141 e. The van der Waals surface area contributed by atoms with Crippen LogP contribution in [0.15, 0.2) is 12.3 Å². The Kier molecular flexibility index (Phi) is 1.75. The molecule has 0 aliphatic heterocycles. The van der Waals surface area contributed by atoms with Crippen LogP contribution in [0, 0.1) is 0 Å². The SMILES string of the molecule is CCn1ccc(C2(C(C)=O)CC2)n1. The molecule has 1 saturated carbocycles. The fraction of sp³-hybridized carbons (Fsp3) is 0.600. The molecule has 0 spiro atoms. The molecule has 0 atom stereocenters. The zero-order chi connectivity index (χ0) is 9.47. The van der Waals surface area contributed by atoms with Crippen molar-refractivity contribution in [1.82, 2.24) is 9.78 Å². The van der Waals surface area contributed by atoms with Crippen molar-refractivity contribution in [3.05, 3.63) is 18.0 Å². The fourth-order valence-electron chi connectivity index (χ4n) is 1.71. The fourth-order valence-corrected chi connectivity index (χ4v) is 1.71. The van der Waals surface area contributed by atoms with Crippen LogP contribution in [-0.2, 0) is 16.8 Å². The van der Waals surface area contributed by atoms with Crippen molar-refractivity contribution in [3.8, 4) is 0 Å². The zero-order valence-electron chi connectivity index (χ0n) is 8.08. The van der Waals surface area contributed by atoms with E-state index < -0.39 is 0 Å². The lowest BCUT2D eigenvalue weighted by Crippen LogP contribution is -2.17. The van der Waals surface area contributed by atoms with E-state index >= 15 is 0 Å². The van der Waals surface area contributed by atoms with Crippen LogP contribution in [0.25, 0.3) is 0 Å². The molecule has 70 valence electrons. The van der Waals surface area contributed by atoms with E-state index in [4.69, 9.17) is 0 Å². The van der Waals surface area contributed by atoms with E-state index in [1.165, 1.54) is 0 Å². The third-order valence-corrected chi connectivity index (χ3v) is 2.88. The van der Waals surface area contributed by atoms with Crippen LogP contribution in [0.3, 0.4) is 0 Å². The van der Waals surface area contributed by atoms with E-state index in [1.54, 1.807) is 6.92 Å². The van der Waals surface area contributed by atoms with Crippen molar-refractivity contribution >= 4 is 5.78 Å². The van der Waals surface area contributed by atoms with Crippen LogP contribution in [0.4, 0.5) is 0 Å². The summed E-state index contributed by atoms with van der Waals surface area (Å²) in [5, 5.41) is 4.38. The summed E-state index contributed by atoms with van der Waals surface area (Å²) in [5.74, 6) is 0.258. The lowest BCUT2D eigenvalue weighted by molar-refractivity contribution is -0.119. The van der Waals surface area contributed by atoms with E-state index in [-0.39, 0.29) is 11.2 Å². The number of aryl methyl sites for hydroxylation is 1. The van der Waals surface area contributed by atoms with Crippen molar-refractivity contribution in [2.24, 2.45) is 0 Å². The molecule has 1 heterocycles. The Morgan fingerprint density at radius 2 is 2.38 bits per heavy atom. The van der Waals surface area contributed by atoms with Crippen molar-refractivity contribution in [1.29, 1.82) is 0 Å². The van der Waals surface area contributed by atoms with Gasteiger partial charge in [0.2, 0.25) is 0 Å². The molecule has 1 aromatic rings. The van der Waals surface area contributed by atoms with Crippen LogP contribution >= 0.6 is 0 Å². The van der Waals surface area contributed by atoms with Gasteiger partial charge in [-0.1, -0.05) is 0 Å². The molecule has 3 heteroatoms. The largest absolute Gasteiger partial charge is 0.299 e. The first-order valence-corrected chi connectivity index (χ1v) is 4.74. The summed E-state index contributed by atoms with van der Waals surface area (Å²) in [4.78, 5) is 11.4. The van der Waals surface area contributed by atoms with Gasteiger partial charge in [-0.15, -0.1) is 0 Å². The molecule has 0 amide bonds. The van der Waals surface area contributed by atoms with Gasteiger partial charge in [0.25, 0.3) is 0 Å². The van der Waals surface area contributed by atoms with E-state index in [0.717, 1.165) is 25.1 Å². The Balaban J connectivity index is 2.30. The Labute approximate surface area is 77.7 Å². The molecule has 0 radical (unpaired) electrons. The first-order chi connectivity index (χ1) is 6.19. The number of carbonyl (C=O) groups is 1. The topological polar surface area (TPSA) is 34.9 Å². The smallest absolute Gasteiger partial charge is 0.141 e. The van der Waals surface area contributed by atoms with Crippen molar-refractivity contribution in [2.75, 3.05) is 0 Å². The number of aromatic nitrogens is 2. The number of hydrogen-bond donors (Lipinski definition) is 0. The first kappa shape index (κ1) is 8.48. The van der Waals surface area contributed by atoms with Crippen LogP contribution < -0.4 is 0 Å². The van der Waals surface area contributed by atoms with Crippen molar-refractivity contribution < 1.29 is 4.79 Å². The Bertz CT molecular complexity index is 336. The first-order valence-electron chi connectivity index (χ1n) is 4.74. The molecule has 3 nitrogen and oxygen atoms in total. The number of nitrogens with zero attached hydrogens (tertiary/aromatic N) is 2. The second-order valence-corrected chi connectivity index (χ2v) is 3.69. The molecule has 0 N–H and O–H groups in total. The average Bonchev–Trinajstić information content (AvgIpc) is 2.79. The van der Waals surface area contributed by atoms with Gasteiger partial charge >= 0.3 is 0 Å². The minimum atomic E-state index is -0.208. The standard InChI is InChI=1S/C10H14N2O/c1-3-12-7-4-9(11-12)10(5-6-10)8(2)13/h4,7H,3,5-6H2,1-2H3. The second kappa shape index (κ2) is 2.69. The molecule has 2 rings (SSSR count). The van der Waals surface area contributed by atoms with E-state index in [9.17, 15) is 4.79 Å². The minimum absolute atomic E-state index is 0.208. The van der Waals surface area contributed by atoms with E-state index in [0.29, 0.717) is 0 Å². The summed E-state index contributed by atoms with van der Waals surface area (Å²) in [5.41, 5.74) is 0.752. The molecular formula is C10H14N2O. The Morgan fingerprint density at radius 1 is 1.69 bits per heavy atom. The summed E-state index contributed by atoms with van der Waals surface area (Å²) in [6.45, 7) is 4.58. The monoisotopic (exact) mass is 178 g/mol. The molecular weight excluding hydrogens is 164 g/mol. The average molecular weight is 178 g/mol. The van der Waals surface area contributed by atoms with E-state index in [2.05, 4.69) is 5.10 Å². The highest BCUT2D eigenvalue weighted by Gasteiger charge is 2.50. The second-order valence-electron chi connectivity index (χ2n) is 3.69. The third-order valence-electron chi connectivity index (χ3n) is 2.88. The maximum atomic E-state index is 11.4. The highest BCUT2D eigenvalue weighted by molar-refractivity contribution is 5.90. The number of Topliss-reactive ketones (excluding diaryl/α,β-unsaturated/α-hetero) is 1. The lowest BCUT2D eigenvalue weighted by Gasteiger charge is -2.06. The van der Waals surface area contributed by atoms with Gasteiger partial charge in [-0.3, -0.25) is 9.48 Å². The van der Waals surface area contributed by atoms with Gasteiger partial charge in [0.05, 0.1) is 11.1 Å². The summed E-state index contributed by atoms with van der Waals surface area (Å²) < 4.78 is 1.87. The number of rotatable bonds is 3. The molecule has 0 saturated heterocycles. The van der Waals surface area contributed by atoms with Crippen molar-refractivity contribution in [2.45, 2.75) is 38.6 Å². The predicted molar refractivity (Wildman–Crippen MR) is 49.5 cm³/mol. The van der Waals surface area contributed by atoms with Gasteiger partial charge in [-0.2, -0.15) is 5.10 Å². The number of hydrogen-bond acceptors (Lipinski definition) is 2. The van der Waals surface area contributed by atoms with Gasteiger partial charge < -0.3 is 0 Å². The van der Waals surface area contributed by atoms with Gasteiger partial charge in [-0.25, -0.2) is 0 Å². The molecule has 1 aromatic heterocycles. The molecule has 1 aliphatic rings. The van der Waals surface area contributed by atoms with Crippen LogP contribution in [0.1, 0.15) is 32.4 Å². The Hall–Kier alpha value is -1.12. The molecule has 1 aliphatic carbocycles. The Morgan fingerprint density at radius 3 is 2.77 bits per heavy atom. The van der Waals surface area contributed by atoms with Crippen LogP contribution in [0.5, 0.6) is 0 Å². The normalized spacial score (nSPS) is 18.6. The highest BCUT2D eigenvalue weighted by atomic mass is 16.1. The van der Waals surface area contributed by atoms with Gasteiger partial charge in [0, 0.05) is 12.7 Å². The highest BCUT2D eigenvalue weighted by Crippen LogP contribution is 2.47. The van der Waals surface area contributed by atoms with E-state index in [1.807, 2.05) is 23.9 Å². The summed E-state index contributed by atoms with van der Waals surface area (Å²) in [6, 6.07) is 1.97. The van der Waals surface area contributed by atoms with Crippen LogP contribution in [0.2, 0.25) is 0 Å². The molecule has 0 aromatic carbocycles. The van der Waals surface area contributed by atoms with Crippen LogP contribution in [-0.4, -0.2) is 15.6 Å². The summed E-state index contributed by atoms with van der Waals surface area (Å²) >= 11 is 0. The van der Waals surface area contributed by atoms with Gasteiger partial charge in [-0.05, 0) is 32.8 Å². The molecule has 1 fully saturated rings. The van der Waals surface area contributed by atoms with Gasteiger partial charge in [0.1, 0.15) is 5.78 Å². The predicted octanol–water partition coefficient (Wildman–Crippen LogP) is 1.52. The zero-order valence-corrected chi connectivity index (χ0v) is 8.08. The molecule has 13 heavy (non-hydrogen) atoms. The third kappa shape index (κ3) is 1.19. The summed E-state index contributed by atoms with van der Waals surface area (Å²) in [6.07, 6.45) is 3.89. The minimum Gasteiger partial charge on any atom is -0.299 e. The van der Waals surface area contributed by atoms with Crippen molar-refractivity contribution in [3.63, 3.8) is 0 Å². The number of carbonyl (C=O) groups excluding carboxylic acids is 1. The molecule has 0 bridgehead atoms. The van der Waals surface area contributed by atoms with Gasteiger partial charge in [0.15, 0.2) is 0 Å². The maximum absolute atomic E-state index is 11.4.